The number of nitrogen functional groups attached to an aromatic ring is 1. The van der Waals surface area contributed by atoms with Crippen molar-refractivity contribution in [2.24, 2.45) is 5.73 Å². The van der Waals surface area contributed by atoms with E-state index in [1.54, 1.807) is 12.4 Å². The van der Waals surface area contributed by atoms with E-state index in [4.69, 9.17) is 11.1 Å². The predicted octanol–water partition coefficient (Wildman–Crippen LogP) is 3.96. The van der Waals surface area contributed by atoms with E-state index in [-0.39, 0.29) is 11.7 Å². The van der Waals surface area contributed by atoms with Gasteiger partial charge in [-0.15, -0.1) is 0 Å². The van der Waals surface area contributed by atoms with E-state index >= 15 is 0 Å². The number of pyridine rings is 1. The second-order valence-electron chi connectivity index (χ2n) is 7.04. The Morgan fingerprint density at radius 2 is 1.66 bits per heavy atom. The fourth-order valence-electron chi connectivity index (χ4n) is 3.53. The number of aromatic nitrogens is 1. The Bertz CT molecular complexity index is 1070. The number of benzene rings is 2. The Balaban J connectivity index is 1.46. The predicted molar refractivity (Wildman–Crippen MR) is 116 cm³/mol. The topological polar surface area (TPSA) is 83.1 Å². The summed E-state index contributed by atoms with van der Waals surface area (Å²) in [7, 11) is 0. The van der Waals surface area contributed by atoms with Gasteiger partial charge in [-0.1, -0.05) is 36.4 Å². The van der Waals surface area contributed by atoms with Crippen molar-refractivity contribution in [1.29, 1.82) is 5.41 Å². The molecular formula is C24H22N4O. The van der Waals surface area contributed by atoms with Gasteiger partial charge in [-0.05, 0) is 59.0 Å². The van der Waals surface area contributed by atoms with E-state index < -0.39 is 0 Å². The summed E-state index contributed by atoms with van der Waals surface area (Å²) < 4.78 is 0. The van der Waals surface area contributed by atoms with Crippen molar-refractivity contribution >= 4 is 17.3 Å². The maximum absolute atomic E-state index is 12.9. The number of rotatable bonds is 4. The van der Waals surface area contributed by atoms with Crippen LogP contribution in [0.15, 0.2) is 79.1 Å². The molecule has 1 aliphatic heterocycles. The van der Waals surface area contributed by atoms with E-state index in [1.165, 1.54) is 5.57 Å². The number of nitrogens with two attached hydrogens (primary N) is 1. The molecule has 0 atom stereocenters. The van der Waals surface area contributed by atoms with Crippen molar-refractivity contribution in [2.75, 3.05) is 13.1 Å². The monoisotopic (exact) mass is 382 g/mol. The SMILES string of the molecule is N=C(N)c1cccc(C2=CCN(C(=O)c3ccc(-c4ccncc4)cc3)CC2)c1. The third kappa shape index (κ3) is 4.09. The van der Waals surface area contributed by atoms with Crippen LogP contribution in [0.1, 0.15) is 27.9 Å². The van der Waals surface area contributed by atoms with Crippen LogP contribution in [0.4, 0.5) is 0 Å². The fourth-order valence-corrected chi connectivity index (χ4v) is 3.53. The molecule has 0 unspecified atom stereocenters. The van der Waals surface area contributed by atoms with Crippen molar-refractivity contribution in [3.63, 3.8) is 0 Å². The summed E-state index contributed by atoms with van der Waals surface area (Å²) in [6.45, 7) is 1.24. The Labute approximate surface area is 170 Å². The first-order valence-electron chi connectivity index (χ1n) is 9.55. The molecule has 2 aromatic carbocycles. The normalized spacial score (nSPS) is 13.7. The second kappa shape index (κ2) is 8.10. The van der Waals surface area contributed by atoms with E-state index in [0.717, 1.165) is 28.7 Å². The van der Waals surface area contributed by atoms with Crippen LogP contribution in [-0.2, 0) is 0 Å². The molecule has 0 fully saturated rings. The molecule has 0 spiro atoms. The fraction of sp³-hybridized carbons (Fsp3) is 0.125. The van der Waals surface area contributed by atoms with Crippen LogP contribution in [0, 0.1) is 5.41 Å². The van der Waals surface area contributed by atoms with Crippen LogP contribution in [0.3, 0.4) is 0 Å². The molecule has 0 saturated heterocycles. The molecule has 0 radical (unpaired) electrons. The first-order chi connectivity index (χ1) is 14.1. The van der Waals surface area contributed by atoms with Gasteiger partial charge in [0.1, 0.15) is 5.84 Å². The van der Waals surface area contributed by atoms with Gasteiger partial charge in [0, 0.05) is 36.6 Å². The smallest absolute Gasteiger partial charge is 0.254 e. The van der Waals surface area contributed by atoms with E-state index in [9.17, 15) is 4.79 Å². The van der Waals surface area contributed by atoms with Gasteiger partial charge in [0.2, 0.25) is 0 Å². The summed E-state index contributed by atoms with van der Waals surface area (Å²) in [5.41, 5.74) is 11.4. The number of nitrogens with one attached hydrogen (secondary N) is 1. The average Bonchev–Trinajstić information content (AvgIpc) is 2.79. The van der Waals surface area contributed by atoms with Crippen molar-refractivity contribution < 1.29 is 4.79 Å². The van der Waals surface area contributed by atoms with E-state index in [1.807, 2.05) is 65.6 Å². The number of hydrogen-bond donors (Lipinski definition) is 2. The Hall–Kier alpha value is -3.73. The average molecular weight is 382 g/mol. The molecule has 5 nitrogen and oxygen atoms in total. The maximum Gasteiger partial charge on any atom is 0.254 e. The van der Waals surface area contributed by atoms with Crippen molar-refractivity contribution in [1.82, 2.24) is 9.88 Å². The summed E-state index contributed by atoms with van der Waals surface area (Å²) >= 11 is 0. The zero-order valence-corrected chi connectivity index (χ0v) is 16.0. The van der Waals surface area contributed by atoms with Gasteiger partial charge < -0.3 is 10.6 Å². The molecule has 4 rings (SSSR count). The summed E-state index contributed by atoms with van der Waals surface area (Å²) in [6, 6.07) is 19.3. The molecular weight excluding hydrogens is 360 g/mol. The van der Waals surface area contributed by atoms with Gasteiger partial charge in [-0.25, -0.2) is 0 Å². The molecule has 1 aromatic heterocycles. The highest BCUT2D eigenvalue weighted by Gasteiger charge is 2.19. The Kier molecular flexibility index (Phi) is 5.20. The molecule has 0 bridgehead atoms. The van der Waals surface area contributed by atoms with Gasteiger partial charge in [0.05, 0.1) is 0 Å². The van der Waals surface area contributed by atoms with E-state index in [2.05, 4.69) is 11.1 Å². The standard InChI is InChI=1S/C24H22N4O/c25-23(26)22-3-1-2-21(16-22)19-10-14-28(15-11-19)24(29)20-6-4-17(5-7-20)18-8-12-27-13-9-18/h1-10,12-13,16H,11,14-15H2,(H3,25,26). The lowest BCUT2D eigenvalue weighted by Gasteiger charge is -2.27. The van der Waals surface area contributed by atoms with Gasteiger partial charge >= 0.3 is 0 Å². The molecule has 3 N–H and O–H groups in total. The molecule has 2 heterocycles. The largest absolute Gasteiger partial charge is 0.384 e. The van der Waals surface area contributed by atoms with Crippen molar-refractivity contribution in [3.8, 4) is 11.1 Å². The minimum atomic E-state index is 0.0408. The summed E-state index contributed by atoms with van der Waals surface area (Å²) in [5, 5.41) is 7.60. The second-order valence-corrected chi connectivity index (χ2v) is 7.04. The molecule has 0 aliphatic carbocycles. The maximum atomic E-state index is 12.9. The lowest BCUT2D eigenvalue weighted by molar-refractivity contribution is 0.0773. The quantitative estimate of drug-likeness (QED) is 0.529. The van der Waals surface area contributed by atoms with Crippen LogP contribution in [0.2, 0.25) is 0 Å². The molecule has 1 amide bonds. The van der Waals surface area contributed by atoms with Gasteiger partial charge in [0.15, 0.2) is 0 Å². The van der Waals surface area contributed by atoms with Crippen molar-refractivity contribution in [3.05, 3.63) is 95.8 Å². The minimum absolute atomic E-state index is 0.0408. The third-order valence-electron chi connectivity index (χ3n) is 5.19. The van der Waals surface area contributed by atoms with Crippen LogP contribution >= 0.6 is 0 Å². The molecule has 1 aliphatic rings. The number of nitrogens with zero attached hydrogens (tertiary/aromatic N) is 2. The molecule has 0 saturated carbocycles. The zero-order valence-electron chi connectivity index (χ0n) is 16.0. The first kappa shape index (κ1) is 18.6. The Morgan fingerprint density at radius 3 is 2.31 bits per heavy atom. The summed E-state index contributed by atoms with van der Waals surface area (Å²) in [5.74, 6) is 0.106. The highest BCUT2D eigenvalue weighted by molar-refractivity contribution is 5.96. The Morgan fingerprint density at radius 1 is 0.931 bits per heavy atom. The molecule has 5 heteroatoms. The summed E-state index contributed by atoms with van der Waals surface area (Å²) in [6.07, 6.45) is 6.39. The lowest BCUT2D eigenvalue weighted by atomic mass is 9.97. The van der Waals surface area contributed by atoms with Crippen LogP contribution in [-0.4, -0.2) is 34.7 Å². The first-order valence-corrected chi connectivity index (χ1v) is 9.55. The molecule has 3 aromatic rings. The van der Waals surface area contributed by atoms with Crippen LogP contribution in [0.25, 0.3) is 16.7 Å². The van der Waals surface area contributed by atoms with Crippen LogP contribution in [0.5, 0.6) is 0 Å². The minimum Gasteiger partial charge on any atom is -0.384 e. The number of carbonyl (C=O) groups is 1. The molecule has 144 valence electrons. The van der Waals surface area contributed by atoms with Gasteiger partial charge in [-0.3, -0.25) is 15.2 Å². The lowest BCUT2D eigenvalue weighted by Crippen LogP contribution is -2.34. The number of amidine groups is 1. The number of hydrogen-bond acceptors (Lipinski definition) is 3. The molecule has 29 heavy (non-hydrogen) atoms. The third-order valence-corrected chi connectivity index (χ3v) is 5.19. The van der Waals surface area contributed by atoms with Gasteiger partial charge in [0.25, 0.3) is 5.91 Å². The zero-order chi connectivity index (χ0) is 20.2. The number of amides is 1. The summed E-state index contributed by atoms with van der Waals surface area (Å²) in [4.78, 5) is 18.8. The van der Waals surface area contributed by atoms with E-state index in [0.29, 0.717) is 18.7 Å². The number of carbonyl (C=O) groups excluding carboxylic acids is 1. The van der Waals surface area contributed by atoms with Crippen molar-refractivity contribution in [2.45, 2.75) is 6.42 Å². The highest BCUT2D eigenvalue weighted by atomic mass is 16.2. The highest BCUT2D eigenvalue weighted by Crippen LogP contribution is 2.25. The van der Waals surface area contributed by atoms with Gasteiger partial charge in [-0.2, -0.15) is 0 Å². The van der Waals surface area contributed by atoms with Crippen LogP contribution < -0.4 is 5.73 Å².